The average molecular weight is 497 g/mol. The third-order valence-corrected chi connectivity index (χ3v) is 5.07. The molecule has 1 aromatic heterocycles. The molecule has 0 fully saturated rings. The molecule has 0 aliphatic rings. The largest absolute Gasteiger partial charge is 0.480 e. The van der Waals surface area contributed by atoms with Gasteiger partial charge in [-0.1, -0.05) is 29.8 Å². The minimum Gasteiger partial charge on any atom is -0.480 e. The predicted octanol–water partition coefficient (Wildman–Crippen LogP) is 4.28. The van der Waals surface area contributed by atoms with Crippen molar-refractivity contribution in [2.75, 3.05) is 6.54 Å². The number of carbonyl (C=O) groups is 2. The summed E-state index contributed by atoms with van der Waals surface area (Å²) in [5.74, 6) is -1.73. The highest BCUT2D eigenvalue weighted by atomic mass is 35.5. The second-order valence-corrected chi connectivity index (χ2v) is 8.22. The lowest BCUT2D eigenvalue weighted by atomic mass is 10.1. The summed E-state index contributed by atoms with van der Waals surface area (Å²) in [5.41, 5.74) is -2.28. The summed E-state index contributed by atoms with van der Waals surface area (Å²) in [6.07, 6.45) is -4.59. The molecule has 3 rings (SSSR count). The van der Waals surface area contributed by atoms with Crippen molar-refractivity contribution in [3.63, 3.8) is 0 Å². The van der Waals surface area contributed by atoms with Crippen molar-refractivity contribution in [1.29, 1.82) is 0 Å². The summed E-state index contributed by atoms with van der Waals surface area (Å²) in [7, 11) is 1.51. The summed E-state index contributed by atoms with van der Waals surface area (Å²) in [4.78, 5) is 23.3. The summed E-state index contributed by atoms with van der Waals surface area (Å²) < 4.78 is 47.9. The van der Waals surface area contributed by atoms with E-state index in [0.717, 1.165) is 6.07 Å². The van der Waals surface area contributed by atoms with E-state index in [1.54, 1.807) is 13.8 Å². The van der Waals surface area contributed by atoms with Gasteiger partial charge in [0.05, 0.1) is 11.1 Å². The highest BCUT2D eigenvalue weighted by Crippen LogP contribution is 2.37. The monoisotopic (exact) mass is 496 g/mol. The van der Waals surface area contributed by atoms with Crippen LogP contribution in [-0.4, -0.2) is 38.3 Å². The Hall–Kier alpha value is -3.60. The molecule has 0 spiro atoms. The van der Waals surface area contributed by atoms with Gasteiger partial charge in [-0.25, -0.2) is 0 Å². The number of rotatable bonds is 7. The fourth-order valence-corrected chi connectivity index (χ4v) is 3.53. The van der Waals surface area contributed by atoms with Crippen molar-refractivity contribution < 1.29 is 32.6 Å². The average Bonchev–Trinajstić information content (AvgIpc) is 3.14. The minimum atomic E-state index is -4.59. The molecule has 0 aliphatic carbocycles. The van der Waals surface area contributed by atoms with Gasteiger partial charge in [0.2, 0.25) is 0 Å². The highest BCUT2D eigenvalue weighted by molar-refractivity contribution is 6.31. The molecule has 0 radical (unpaired) electrons. The number of carboxylic acid groups (broad SMARTS) is 1. The molecular weight excluding hydrogens is 477 g/mol. The summed E-state index contributed by atoms with van der Waals surface area (Å²) >= 11 is 5.99. The van der Waals surface area contributed by atoms with E-state index in [1.807, 2.05) is 0 Å². The Labute approximate surface area is 197 Å². The van der Waals surface area contributed by atoms with Gasteiger partial charge in [0.15, 0.2) is 17.2 Å². The van der Waals surface area contributed by atoms with E-state index in [0.29, 0.717) is 0 Å². The van der Waals surface area contributed by atoms with E-state index in [2.05, 4.69) is 15.5 Å². The third kappa shape index (κ3) is 5.30. The van der Waals surface area contributed by atoms with Crippen molar-refractivity contribution in [3.8, 4) is 17.1 Å². The first kappa shape index (κ1) is 25.0. The molecule has 0 aliphatic heterocycles. The number of ether oxygens (including phenoxy) is 1. The van der Waals surface area contributed by atoms with Crippen LogP contribution < -0.4 is 10.1 Å². The van der Waals surface area contributed by atoms with Crippen molar-refractivity contribution in [3.05, 3.63) is 64.4 Å². The Morgan fingerprint density at radius 1 is 1.15 bits per heavy atom. The van der Waals surface area contributed by atoms with Crippen LogP contribution in [0.1, 0.15) is 35.6 Å². The van der Waals surface area contributed by atoms with Gasteiger partial charge in [-0.15, -0.1) is 10.2 Å². The zero-order valence-corrected chi connectivity index (χ0v) is 19.0. The second-order valence-electron chi connectivity index (χ2n) is 7.78. The lowest BCUT2D eigenvalue weighted by Crippen LogP contribution is -2.32. The zero-order valence-electron chi connectivity index (χ0n) is 18.3. The first-order valence-electron chi connectivity index (χ1n) is 9.86. The number of alkyl halides is 3. The maximum atomic E-state index is 13.5. The van der Waals surface area contributed by atoms with E-state index in [-0.39, 0.29) is 33.5 Å². The van der Waals surface area contributed by atoms with Crippen LogP contribution in [0.2, 0.25) is 5.02 Å². The number of aliphatic carboxylic acids is 1. The minimum absolute atomic E-state index is 0.0184. The number of nitrogens with zero attached hydrogens (tertiary/aromatic N) is 3. The number of hydrogen-bond acceptors (Lipinski definition) is 5. The first-order valence-corrected chi connectivity index (χ1v) is 10.2. The number of amides is 1. The van der Waals surface area contributed by atoms with Gasteiger partial charge < -0.3 is 19.7 Å². The first-order chi connectivity index (χ1) is 15.8. The Morgan fingerprint density at radius 2 is 1.82 bits per heavy atom. The molecule has 0 atom stereocenters. The molecule has 2 aromatic carbocycles. The van der Waals surface area contributed by atoms with Gasteiger partial charge >= 0.3 is 12.1 Å². The Morgan fingerprint density at radius 3 is 2.47 bits per heavy atom. The summed E-state index contributed by atoms with van der Waals surface area (Å²) in [5, 5.41) is 19.3. The van der Waals surface area contributed by atoms with Crippen molar-refractivity contribution in [2.24, 2.45) is 7.05 Å². The quantitative estimate of drug-likeness (QED) is 0.505. The van der Waals surface area contributed by atoms with Crippen molar-refractivity contribution in [2.45, 2.75) is 25.6 Å². The van der Waals surface area contributed by atoms with Gasteiger partial charge in [-0.3, -0.25) is 9.59 Å². The molecule has 0 bridgehead atoms. The maximum absolute atomic E-state index is 13.5. The van der Waals surface area contributed by atoms with Crippen LogP contribution in [0, 0.1) is 0 Å². The molecule has 0 saturated heterocycles. The van der Waals surface area contributed by atoms with E-state index in [1.165, 1.54) is 48.0 Å². The molecular formula is C22H20ClF3N4O4. The molecule has 3 aromatic rings. The fraction of sp³-hybridized carbons (Fsp3) is 0.273. The summed E-state index contributed by atoms with van der Waals surface area (Å²) in [6.45, 7) is 2.59. The maximum Gasteiger partial charge on any atom is 0.417 e. The zero-order chi connectivity index (χ0) is 25.3. The van der Waals surface area contributed by atoms with E-state index < -0.39 is 35.8 Å². The van der Waals surface area contributed by atoms with E-state index in [9.17, 15) is 22.8 Å². The van der Waals surface area contributed by atoms with Crippen molar-refractivity contribution >= 4 is 23.5 Å². The topological polar surface area (TPSA) is 106 Å². The SMILES string of the molecule is Cn1c(-c2ccccc2C(F)(F)F)nnc1C(C)(C)Oc1ccc(Cl)cc1C(=O)NCC(=O)O. The van der Waals surface area contributed by atoms with E-state index in [4.69, 9.17) is 21.4 Å². The molecule has 8 nitrogen and oxygen atoms in total. The van der Waals surface area contributed by atoms with Gasteiger partial charge in [-0.2, -0.15) is 13.2 Å². The molecule has 1 heterocycles. The normalized spacial score (nSPS) is 11.9. The molecule has 12 heteroatoms. The van der Waals surface area contributed by atoms with Gasteiger partial charge in [-0.05, 0) is 38.1 Å². The van der Waals surface area contributed by atoms with Crippen LogP contribution in [0.4, 0.5) is 13.2 Å². The number of carbonyl (C=O) groups excluding carboxylic acids is 1. The number of aromatic nitrogens is 3. The smallest absolute Gasteiger partial charge is 0.417 e. The molecule has 1 amide bonds. The van der Waals surface area contributed by atoms with Crippen molar-refractivity contribution in [1.82, 2.24) is 20.1 Å². The molecule has 34 heavy (non-hydrogen) atoms. The molecule has 180 valence electrons. The lowest BCUT2D eigenvalue weighted by Gasteiger charge is -2.27. The van der Waals surface area contributed by atoms with Crippen LogP contribution in [0.5, 0.6) is 5.75 Å². The molecule has 0 unspecified atom stereocenters. The van der Waals surface area contributed by atoms with Crippen LogP contribution >= 0.6 is 11.6 Å². The number of benzene rings is 2. The fourth-order valence-electron chi connectivity index (χ4n) is 3.35. The molecule has 2 N–H and O–H groups in total. The second kappa shape index (κ2) is 9.34. The number of nitrogens with one attached hydrogen (secondary N) is 1. The number of carboxylic acids is 1. The standard InChI is InChI=1S/C22H20ClF3N4O4/c1-21(2,34-16-9-8-12(23)10-14(16)19(33)27-11-17(31)32)20-29-28-18(30(20)3)13-6-4-5-7-15(13)22(24,25)26/h4-10H,11H2,1-3H3,(H,27,33)(H,31,32). The van der Waals surface area contributed by atoms with Crippen LogP contribution in [0.15, 0.2) is 42.5 Å². The van der Waals surface area contributed by atoms with Crippen LogP contribution in [-0.2, 0) is 23.6 Å². The third-order valence-electron chi connectivity index (χ3n) is 4.84. The number of hydrogen-bond donors (Lipinski definition) is 2. The lowest BCUT2D eigenvalue weighted by molar-refractivity contribution is -0.137. The van der Waals surface area contributed by atoms with E-state index >= 15 is 0 Å². The Bertz CT molecular complexity index is 1240. The Balaban J connectivity index is 1.98. The predicted molar refractivity (Wildman–Crippen MR) is 117 cm³/mol. The van der Waals surface area contributed by atoms with Crippen LogP contribution in [0.25, 0.3) is 11.4 Å². The highest BCUT2D eigenvalue weighted by Gasteiger charge is 2.36. The van der Waals surface area contributed by atoms with Gasteiger partial charge in [0.1, 0.15) is 12.3 Å². The van der Waals surface area contributed by atoms with Crippen LogP contribution in [0.3, 0.4) is 0 Å². The Kier molecular flexibility index (Phi) is 6.87. The van der Waals surface area contributed by atoms with Gasteiger partial charge in [0.25, 0.3) is 5.91 Å². The molecule has 0 saturated carbocycles. The number of halogens is 4. The summed E-state index contributed by atoms with van der Waals surface area (Å²) in [6, 6.07) is 9.23. The van der Waals surface area contributed by atoms with Gasteiger partial charge in [0, 0.05) is 17.6 Å².